The fraction of sp³-hybridized carbons (Fsp3) is 0.667. The maximum absolute atomic E-state index is 14.0. The second kappa shape index (κ2) is 7.36. The molecule has 2 N–H and O–H groups in total. The van der Waals surface area contributed by atoms with Crippen molar-refractivity contribution in [2.75, 3.05) is 10.6 Å². The highest BCUT2D eigenvalue weighted by molar-refractivity contribution is 5.40. The Balaban J connectivity index is 2.31. The average Bonchev–Trinajstić information content (AvgIpc) is 2.49. The molecule has 150 valence electrons. The fourth-order valence-electron chi connectivity index (χ4n) is 1.89. The van der Waals surface area contributed by atoms with Crippen molar-refractivity contribution in [1.82, 2.24) is 15.0 Å². The third-order valence-electron chi connectivity index (χ3n) is 3.85. The number of anilines is 2. The van der Waals surface area contributed by atoms with Crippen LogP contribution in [0.3, 0.4) is 0 Å². The van der Waals surface area contributed by atoms with E-state index < -0.39 is 47.8 Å². The molecule has 1 aromatic rings. The highest BCUT2D eigenvalue weighted by atomic mass is 19.4. The van der Waals surface area contributed by atoms with Gasteiger partial charge in [-0.15, -0.1) is 0 Å². The van der Waals surface area contributed by atoms with Gasteiger partial charge >= 0.3 is 12.4 Å². The Bertz CT molecular complexity index is 691. The molecule has 0 saturated heterocycles. The lowest BCUT2D eigenvalue weighted by Gasteiger charge is -2.27. The predicted octanol–water partition coefficient (Wildman–Crippen LogP) is 3.84. The Hall–Kier alpha value is -2.32. The largest absolute Gasteiger partial charge is 0.408 e. The SMILES string of the molecule is C[C@@H](Nc1nc(C#CC2(F)CCC2)nc(N[C@H](C)C(F)(F)F)n1)C(F)(F)F. The van der Waals surface area contributed by atoms with Crippen molar-refractivity contribution in [3.8, 4) is 11.8 Å². The molecule has 1 saturated carbocycles. The van der Waals surface area contributed by atoms with Crippen LogP contribution in [0.15, 0.2) is 0 Å². The van der Waals surface area contributed by atoms with Crippen LogP contribution in [0.25, 0.3) is 0 Å². The number of nitrogens with one attached hydrogen (secondary N) is 2. The molecular formula is C15H16F7N5. The fourth-order valence-corrected chi connectivity index (χ4v) is 1.89. The van der Waals surface area contributed by atoms with Crippen molar-refractivity contribution in [1.29, 1.82) is 0 Å². The number of halogens is 7. The standard InChI is InChI=1S/C15H16F7N5/c1-8(14(17,18)19)23-11-25-10(4-7-13(16)5-3-6-13)26-12(27-11)24-9(2)15(20,21)22/h8-9H,3,5-6H2,1-2H3,(H2,23,24,25,26,27)/t8-,9-/m1/s1. The topological polar surface area (TPSA) is 62.7 Å². The van der Waals surface area contributed by atoms with Gasteiger partial charge in [0.05, 0.1) is 0 Å². The molecule has 2 atom stereocenters. The minimum absolute atomic E-state index is 0.192. The Morgan fingerprint density at radius 1 is 0.889 bits per heavy atom. The van der Waals surface area contributed by atoms with Gasteiger partial charge in [0.1, 0.15) is 12.1 Å². The first-order valence-corrected chi connectivity index (χ1v) is 7.93. The number of alkyl halides is 7. The monoisotopic (exact) mass is 399 g/mol. The highest BCUT2D eigenvalue weighted by Crippen LogP contribution is 2.35. The lowest BCUT2D eigenvalue weighted by atomic mass is 9.83. The summed E-state index contributed by atoms with van der Waals surface area (Å²) < 4.78 is 90.1. The molecule has 0 unspecified atom stereocenters. The molecule has 0 spiro atoms. The second-order valence-corrected chi connectivity index (χ2v) is 6.19. The number of aromatic nitrogens is 3. The van der Waals surface area contributed by atoms with Crippen molar-refractivity contribution in [3.63, 3.8) is 0 Å². The molecule has 0 bridgehead atoms. The summed E-state index contributed by atoms with van der Waals surface area (Å²) in [4.78, 5) is 10.8. The molecule has 1 aliphatic carbocycles. The Labute approximate surface area is 150 Å². The van der Waals surface area contributed by atoms with E-state index in [4.69, 9.17) is 0 Å². The van der Waals surface area contributed by atoms with E-state index in [1.807, 2.05) is 10.6 Å². The van der Waals surface area contributed by atoms with Crippen molar-refractivity contribution >= 4 is 11.9 Å². The van der Waals surface area contributed by atoms with E-state index in [0.717, 1.165) is 13.8 Å². The Morgan fingerprint density at radius 3 is 1.67 bits per heavy atom. The number of nitrogens with zero attached hydrogens (tertiary/aromatic N) is 3. The third-order valence-corrected chi connectivity index (χ3v) is 3.85. The average molecular weight is 399 g/mol. The minimum atomic E-state index is -4.64. The number of hydrogen-bond donors (Lipinski definition) is 2. The van der Waals surface area contributed by atoms with E-state index in [0.29, 0.717) is 6.42 Å². The first-order valence-electron chi connectivity index (χ1n) is 7.93. The van der Waals surface area contributed by atoms with Crippen LogP contribution in [0.1, 0.15) is 38.9 Å². The third kappa shape index (κ3) is 5.83. The summed E-state index contributed by atoms with van der Waals surface area (Å²) in [6.07, 6.45) is -8.26. The molecule has 1 aromatic heterocycles. The summed E-state index contributed by atoms with van der Waals surface area (Å²) in [5.41, 5.74) is -1.74. The molecular weight excluding hydrogens is 383 g/mol. The van der Waals surface area contributed by atoms with Gasteiger partial charge in [0.2, 0.25) is 17.7 Å². The number of hydrogen-bond acceptors (Lipinski definition) is 5. The molecule has 0 aromatic carbocycles. The van der Waals surface area contributed by atoms with Crippen molar-refractivity contribution in [2.24, 2.45) is 0 Å². The van der Waals surface area contributed by atoms with Crippen molar-refractivity contribution in [3.05, 3.63) is 5.82 Å². The molecule has 0 radical (unpaired) electrons. The quantitative estimate of drug-likeness (QED) is 0.595. The molecule has 2 rings (SSSR count). The van der Waals surface area contributed by atoms with E-state index in [2.05, 4.69) is 26.8 Å². The molecule has 5 nitrogen and oxygen atoms in total. The normalized spacial score (nSPS) is 18.6. The van der Waals surface area contributed by atoms with Crippen LogP contribution in [0.5, 0.6) is 0 Å². The van der Waals surface area contributed by atoms with E-state index in [1.165, 1.54) is 0 Å². The first kappa shape index (κ1) is 21.0. The molecule has 1 aliphatic rings. The molecule has 27 heavy (non-hydrogen) atoms. The van der Waals surface area contributed by atoms with Crippen molar-refractivity contribution < 1.29 is 30.7 Å². The van der Waals surface area contributed by atoms with E-state index >= 15 is 0 Å². The lowest BCUT2D eigenvalue weighted by molar-refractivity contribution is -0.139. The summed E-state index contributed by atoms with van der Waals surface area (Å²) in [6.45, 7) is 1.57. The van der Waals surface area contributed by atoms with Crippen LogP contribution >= 0.6 is 0 Å². The van der Waals surface area contributed by atoms with Gasteiger partial charge in [-0.05, 0) is 39.0 Å². The van der Waals surface area contributed by atoms with Crippen LogP contribution < -0.4 is 10.6 Å². The zero-order valence-corrected chi connectivity index (χ0v) is 14.3. The summed E-state index contributed by atoms with van der Waals surface area (Å²) in [5.74, 6) is 2.83. The molecule has 0 amide bonds. The van der Waals surface area contributed by atoms with Crippen molar-refractivity contribution in [2.45, 2.75) is 63.2 Å². The predicted molar refractivity (Wildman–Crippen MR) is 82.7 cm³/mol. The van der Waals surface area contributed by atoms with Gasteiger partial charge in [-0.25, -0.2) is 4.39 Å². The summed E-state index contributed by atoms with van der Waals surface area (Å²) >= 11 is 0. The maximum Gasteiger partial charge on any atom is 0.408 e. The first-order chi connectivity index (χ1) is 12.3. The van der Waals surface area contributed by atoms with Gasteiger partial charge in [-0.2, -0.15) is 41.3 Å². The summed E-state index contributed by atoms with van der Waals surface area (Å²) in [5, 5.41) is 3.86. The smallest absolute Gasteiger partial charge is 0.343 e. The van der Waals surface area contributed by atoms with E-state index in [-0.39, 0.29) is 12.8 Å². The van der Waals surface area contributed by atoms with Crippen LogP contribution in [0.4, 0.5) is 42.6 Å². The Morgan fingerprint density at radius 2 is 1.33 bits per heavy atom. The zero-order chi connectivity index (χ0) is 20.5. The van der Waals surface area contributed by atoms with Gasteiger partial charge in [0.15, 0.2) is 5.67 Å². The van der Waals surface area contributed by atoms with Gasteiger partial charge in [0, 0.05) is 0 Å². The van der Waals surface area contributed by atoms with Gasteiger partial charge in [-0.3, -0.25) is 0 Å². The van der Waals surface area contributed by atoms with Crippen LogP contribution in [-0.2, 0) is 0 Å². The maximum atomic E-state index is 14.0. The molecule has 0 aliphatic heterocycles. The van der Waals surface area contributed by atoms with Gasteiger partial charge in [0.25, 0.3) is 0 Å². The van der Waals surface area contributed by atoms with Crippen LogP contribution in [-0.4, -0.2) is 45.1 Å². The lowest BCUT2D eigenvalue weighted by Crippen LogP contribution is -2.35. The zero-order valence-electron chi connectivity index (χ0n) is 14.3. The number of rotatable bonds is 4. The van der Waals surface area contributed by atoms with Crippen LogP contribution in [0, 0.1) is 11.8 Å². The van der Waals surface area contributed by atoms with Gasteiger partial charge in [-0.1, -0.05) is 5.92 Å². The highest BCUT2D eigenvalue weighted by Gasteiger charge is 2.38. The minimum Gasteiger partial charge on any atom is -0.343 e. The molecule has 12 heteroatoms. The molecule has 1 heterocycles. The van der Waals surface area contributed by atoms with Gasteiger partial charge < -0.3 is 10.6 Å². The molecule has 1 fully saturated rings. The summed E-state index contributed by atoms with van der Waals surface area (Å²) in [7, 11) is 0. The van der Waals surface area contributed by atoms with Crippen LogP contribution in [0.2, 0.25) is 0 Å². The Kier molecular flexibility index (Phi) is 5.72. The second-order valence-electron chi connectivity index (χ2n) is 6.19. The van der Waals surface area contributed by atoms with E-state index in [9.17, 15) is 30.7 Å². The summed E-state index contributed by atoms with van der Waals surface area (Å²) in [6, 6.07) is -4.15. The van der Waals surface area contributed by atoms with E-state index in [1.54, 1.807) is 0 Å².